The third kappa shape index (κ3) is 3.96. The molecule has 2 aromatic rings. The van der Waals surface area contributed by atoms with Crippen LogP contribution in [0.15, 0.2) is 27.2 Å². The highest BCUT2D eigenvalue weighted by atomic mass is 79.9. The number of carbonyl (C=O) groups is 1. The van der Waals surface area contributed by atoms with E-state index in [1.54, 1.807) is 6.07 Å². The molecule has 0 amide bonds. The third-order valence-corrected chi connectivity index (χ3v) is 3.03. The Bertz CT molecular complexity index is 605. The summed E-state index contributed by atoms with van der Waals surface area (Å²) in [4.78, 5) is 15.8. The number of aromatic nitrogens is 2. The van der Waals surface area contributed by atoms with Gasteiger partial charge in [0.05, 0.1) is 6.42 Å². The summed E-state index contributed by atoms with van der Waals surface area (Å²) in [6.45, 7) is 3.95. The number of nitrogens with zero attached hydrogens (tertiary/aromatic N) is 2. The van der Waals surface area contributed by atoms with Gasteiger partial charge in [-0.2, -0.15) is 4.98 Å². The van der Waals surface area contributed by atoms with Gasteiger partial charge in [0.15, 0.2) is 0 Å². The summed E-state index contributed by atoms with van der Waals surface area (Å²) >= 11 is 3.20. The van der Waals surface area contributed by atoms with E-state index < -0.39 is 5.82 Å². The quantitative estimate of drug-likeness (QED) is 0.830. The number of rotatable bonds is 5. The minimum Gasteiger partial charge on any atom is -0.339 e. The summed E-state index contributed by atoms with van der Waals surface area (Å²) in [5, 5.41) is 3.78. The Kier molecular flexibility index (Phi) is 4.65. The van der Waals surface area contributed by atoms with Crippen molar-refractivity contribution in [2.75, 3.05) is 0 Å². The fraction of sp³-hybridized carbons (Fsp3) is 0.357. The van der Waals surface area contributed by atoms with Crippen LogP contribution in [0, 0.1) is 11.7 Å². The molecule has 106 valence electrons. The molecule has 0 radical (unpaired) electrons. The van der Waals surface area contributed by atoms with Gasteiger partial charge in [-0.3, -0.25) is 4.79 Å². The van der Waals surface area contributed by atoms with E-state index in [1.807, 2.05) is 13.8 Å². The second-order valence-corrected chi connectivity index (χ2v) is 5.90. The molecule has 6 heteroatoms. The maximum Gasteiger partial charge on any atom is 0.234 e. The topological polar surface area (TPSA) is 56.0 Å². The van der Waals surface area contributed by atoms with Crippen LogP contribution in [0.1, 0.15) is 26.2 Å². The third-order valence-electron chi connectivity index (χ3n) is 2.57. The Morgan fingerprint density at radius 2 is 2.15 bits per heavy atom. The average Bonchev–Trinajstić information content (AvgIpc) is 2.74. The molecule has 0 aliphatic carbocycles. The van der Waals surface area contributed by atoms with E-state index in [4.69, 9.17) is 4.52 Å². The van der Waals surface area contributed by atoms with Crippen LogP contribution in [0.25, 0.3) is 11.4 Å². The fourth-order valence-corrected chi connectivity index (χ4v) is 2.29. The van der Waals surface area contributed by atoms with Crippen molar-refractivity contribution in [3.63, 3.8) is 0 Å². The lowest BCUT2D eigenvalue weighted by Crippen LogP contribution is -2.06. The second-order valence-electron chi connectivity index (χ2n) is 4.98. The molecular formula is C14H14BrFN2O2. The van der Waals surface area contributed by atoms with Crippen molar-refractivity contribution in [2.24, 2.45) is 5.92 Å². The molecule has 0 N–H and O–H groups in total. The van der Waals surface area contributed by atoms with Crippen LogP contribution in [0.3, 0.4) is 0 Å². The number of benzene rings is 1. The summed E-state index contributed by atoms with van der Waals surface area (Å²) in [5.41, 5.74) is 0.503. The van der Waals surface area contributed by atoms with Crippen molar-refractivity contribution in [3.05, 3.63) is 34.4 Å². The van der Waals surface area contributed by atoms with Gasteiger partial charge in [-0.05, 0) is 24.1 Å². The lowest BCUT2D eigenvalue weighted by Gasteiger charge is -2.00. The monoisotopic (exact) mass is 340 g/mol. The molecule has 0 saturated heterocycles. The van der Waals surface area contributed by atoms with Gasteiger partial charge in [0, 0.05) is 16.5 Å². The molecule has 4 nitrogen and oxygen atoms in total. The van der Waals surface area contributed by atoms with Crippen molar-refractivity contribution in [2.45, 2.75) is 26.7 Å². The number of Topliss-reactive ketones (excluding diaryl/α,β-unsaturated/α-hetero) is 1. The molecule has 0 fully saturated rings. The zero-order valence-corrected chi connectivity index (χ0v) is 12.8. The summed E-state index contributed by atoms with van der Waals surface area (Å²) in [5.74, 6) is 0.486. The standard InChI is InChI=1S/C14H14BrFN2O2/c1-8(2)3-12(19)7-13-17-14(18-20-13)9-4-10(15)6-11(16)5-9/h4-6,8H,3,7H2,1-2H3. The van der Waals surface area contributed by atoms with E-state index in [1.165, 1.54) is 12.1 Å². The van der Waals surface area contributed by atoms with Crippen molar-refractivity contribution in [1.82, 2.24) is 10.1 Å². The number of hydrogen-bond donors (Lipinski definition) is 0. The molecule has 0 saturated carbocycles. The van der Waals surface area contributed by atoms with Gasteiger partial charge in [-0.1, -0.05) is 34.9 Å². The first-order chi connectivity index (χ1) is 9.44. The van der Waals surface area contributed by atoms with E-state index in [0.29, 0.717) is 22.4 Å². The predicted octanol–water partition coefficient (Wildman–Crippen LogP) is 3.80. The largest absolute Gasteiger partial charge is 0.339 e. The van der Waals surface area contributed by atoms with Crippen molar-refractivity contribution < 1.29 is 13.7 Å². The molecule has 0 aliphatic heterocycles. The smallest absolute Gasteiger partial charge is 0.234 e. The minimum absolute atomic E-state index is 0.0515. The Labute approximate surface area is 124 Å². The highest BCUT2D eigenvalue weighted by molar-refractivity contribution is 9.10. The lowest BCUT2D eigenvalue weighted by molar-refractivity contribution is -0.119. The first-order valence-corrected chi connectivity index (χ1v) is 7.04. The first kappa shape index (κ1) is 14.8. The summed E-state index contributed by atoms with van der Waals surface area (Å²) in [7, 11) is 0. The first-order valence-electron chi connectivity index (χ1n) is 6.25. The van der Waals surface area contributed by atoms with Gasteiger partial charge >= 0.3 is 0 Å². The van der Waals surface area contributed by atoms with Crippen LogP contribution in [-0.4, -0.2) is 15.9 Å². The van der Waals surface area contributed by atoms with Crippen LogP contribution < -0.4 is 0 Å². The molecule has 1 aromatic heterocycles. The van der Waals surface area contributed by atoms with Crippen molar-refractivity contribution >= 4 is 21.7 Å². The molecule has 2 rings (SSSR count). The molecule has 20 heavy (non-hydrogen) atoms. The molecule has 0 spiro atoms. The summed E-state index contributed by atoms with van der Waals surface area (Å²) in [6.07, 6.45) is 0.588. The van der Waals surface area contributed by atoms with E-state index >= 15 is 0 Å². The van der Waals surface area contributed by atoms with Crippen molar-refractivity contribution in [3.8, 4) is 11.4 Å². The van der Waals surface area contributed by atoms with Gasteiger partial charge in [0.2, 0.25) is 11.7 Å². The maximum absolute atomic E-state index is 13.3. The van der Waals surface area contributed by atoms with Crippen LogP contribution in [0.4, 0.5) is 4.39 Å². The zero-order valence-electron chi connectivity index (χ0n) is 11.2. The summed E-state index contributed by atoms with van der Waals surface area (Å²) in [6, 6.07) is 4.35. The number of halogens is 2. The van der Waals surface area contributed by atoms with Crippen LogP contribution in [0.2, 0.25) is 0 Å². The Morgan fingerprint density at radius 3 is 2.80 bits per heavy atom. The Morgan fingerprint density at radius 1 is 1.40 bits per heavy atom. The number of hydrogen-bond acceptors (Lipinski definition) is 4. The number of ketones is 1. The molecule has 1 heterocycles. The predicted molar refractivity (Wildman–Crippen MR) is 75.6 cm³/mol. The van der Waals surface area contributed by atoms with Crippen LogP contribution in [0.5, 0.6) is 0 Å². The maximum atomic E-state index is 13.3. The highest BCUT2D eigenvalue weighted by Crippen LogP contribution is 2.22. The highest BCUT2D eigenvalue weighted by Gasteiger charge is 2.14. The van der Waals surface area contributed by atoms with Crippen LogP contribution in [-0.2, 0) is 11.2 Å². The van der Waals surface area contributed by atoms with E-state index in [0.717, 1.165) is 0 Å². The summed E-state index contributed by atoms with van der Waals surface area (Å²) < 4.78 is 18.9. The molecule has 1 aromatic carbocycles. The molecule has 0 bridgehead atoms. The van der Waals surface area contributed by atoms with Gasteiger partial charge in [0.25, 0.3) is 0 Å². The lowest BCUT2D eigenvalue weighted by atomic mass is 10.1. The normalized spacial score (nSPS) is 11.1. The van der Waals surface area contributed by atoms with Crippen LogP contribution >= 0.6 is 15.9 Å². The van der Waals surface area contributed by atoms with Gasteiger partial charge < -0.3 is 4.52 Å². The van der Waals surface area contributed by atoms with E-state index in [-0.39, 0.29) is 23.9 Å². The average molecular weight is 341 g/mol. The van der Waals surface area contributed by atoms with E-state index in [9.17, 15) is 9.18 Å². The minimum atomic E-state index is -0.392. The van der Waals surface area contributed by atoms with Gasteiger partial charge in [-0.15, -0.1) is 0 Å². The van der Waals surface area contributed by atoms with E-state index in [2.05, 4.69) is 26.1 Å². The SMILES string of the molecule is CC(C)CC(=O)Cc1nc(-c2cc(F)cc(Br)c2)no1. The number of carbonyl (C=O) groups excluding carboxylic acids is 1. The van der Waals surface area contributed by atoms with Gasteiger partial charge in [0.1, 0.15) is 11.6 Å². The molecule has 0 aliphatic rings. The Hall–Kier alpha value is -1.56. The molecular weight excluding hydrogens is 327 g/mol. The molecule has 0 atom stereocenters. The van der Waals surface area contributed by atoms with Crippen molar-refractivity contribution in [1.29, 1.82) is 0 Å². The Balaban J connectivity index is 2.14. The van der Waals surface area contributed by atoms with Gasteiger partial charge in [-0.25, -0.2) is 4.39 Å². The molecule has 0 unspecified atom stereocenters. The fourth-order valence-electron chi connectivity index (χ4n) is 1.82. The zero-order chi connectivity index (χ0) is 14.7. The second kappa shape index (κ2) is 6.26.